The molecule has 0 aromatic heterocycles. The van der Waals surface area contributed by atoms with Gasteiger partial charge in [-0.3, -0.25) is 0 Å². The van der Waals surface area contributed by atoms with Crippen molar-refractivity contribution in [3.63, 3.8) is 0 Å². The van der Waals surface area contributed by atoms with Crippen molar-refractivity contribution in [1.29, 1.82) is 0 Å². The van der Waals surface area contributed by atoms with Crippen molar-refractivity contribution < 1.29 is 5.11 Å². The van der Waals surface area contributed by atoms with Gasteiger partial charge in [-0.05, 0) is 53.8 Å². The Morgan fingerprint density at radius 3 is 2.19 bits per heavy atom. The predicted molar refractivity (Wildman–Crippen MR) is 116 cm³/mol. The fraction of sp³-hybridized carbons (Fsp3) is 0.217. The lowest BCUT2D eigenvalue weighted by Gasteiger charge is -2.22. The Kier molecular flexibility index (Phi) is 7.48. The zero-order valence-corrected chi connectivity index (χ0v) is 17.3. The highest BCUT2D eigenvalue weighted by molar-refractivity contribution is 9.10. The highest BCUT2D eigenvalue weighted by Gasteiger charge is 2.14. The first kappa shape index (κ1) is 20.1. The van der Waals surface area contributed by atoms with E-state index in [9.17, 15) is 5.11 Å². The molecule has 0 saturated carbocycles. The Labute approximate surface area is 174 Å². The lowest BCUT2D eigenvalue weighted by atomic mass is 9.98. The monoisotopic (exact) mass is 443 g/mol. The fourth-order valence-electron chi connectivity index (χ4n) is 3.13. The van der Waals surface area contributed by atoms with Crippen molar-refractivity contribution in [1.82, 2.24) is 5.32 Å². The molecule has 3 rings (SSSR count). The molecule has 0 aliphatic rings. The Bertz CT molecular complexity index is 839. The summed E-state index contributed by atoms with van der Waals surface area (Å²) in [5.41, 5.74) is 3.38. The number of hydrogen-bond acceptors (Lipinski definition) is 2. The van der Waals surface area contributed by atoms with Gasteiger partial charge >= 0.3 is 0 Å². The van der Waals surface area contributed by atoms with E-state index in [-0.39, 0.29) is 6.04 Å². The van der Waals surface area contributed by atoms with Crippen LogP contribution in [0.2, 0.25) is 5.02 Å². The molecule has 0 heterocycles. The highest BCUT2D eigenvalue weighted by Crippen LogP contribution is 2.18. The molecule has 0 amide bonds. The van der Waals surface area contributed by atoms with Gasteiger partial charge < -0.3 is 10.4 Å². The van der Waals surface area contributed by atoms with Crippen LogP contribution in [-0.4, -0.2) is 17.7 Å². The maximum Gasteiger partial charge on any atom is 0.0914 e. The van der Waals surface area contributed by atoms with Crippen molar-refractivity contribution in [3.8, 4) is 0 Å². The number of hydrogen-bond donors (Lipinski definition) is 2. The second kappa shape index (κ2) is 10.0. The summed E-state index contributed by atoms with van der Waals surface area (Å²) in [6, 6.07) is 26.5. The topological polar surface area (TPSA) is 32.3 Å². The molecule has 0 fully saturated rings. The van der Waals surface area contributed by atoms with Crippen LogP contribution in [-0.2, 0) is 12.8 Å². The molecule has 2 N–H and O–H groups in total. The number of aliphatic hydroxyl groups excluding tert-OH is 1. The lowest BCUT2D eigenvalue weighted by molar-refractivity contribution is 0.169. The number of aliphatic hydroxyl groups is 1. The van der Waals surface area contributed by atoms with Gasteiger partial charge in [0.2, 0.25) is 0 Å². The zero-order valence-electron chi connectivity index (χ0n) is 15.0. The summed E-state index contributed by atoms with van der Waals surface area (Å²) in [4.78, 5) is 0. The summed E-state index contributed by atoms with van der Waals surface area (Å²) in [5.74, 6) is 0. The van der Waals surface area contributed by atoms with Gasteiger partial charge in [0.1, 0.15) is 0 Å². The number of benzene rings is 3. The van der Waals surface area contributed by atoms with Gasteiger partial charge in [0.15, 0.2) is 0 Å². The van der Waals surface area contributed by atoms with Gasteiger partial charge in [0.05, 0.1) is 6.10 Å². The summed E-state index contributed by atoms with van der Waals surface area (Å²) < 4.78 is 1.08. The molecule has 0 radical (unpaired) electrons. The van der Waals surface area contributed by atoms with Gasteiger partial charge in [0, 0.05) is 22.1 Å². The van der Waals surface area contributed by atoms with Crippen LogP contribution in [0.25, 0.3) is 0 Å². The minimum atomic E-state index is -0.591. The summed E-state index contributed by atoms with van der Waals surface area (Å²) in [6.07, 6.45) is 1.20. The molecular weight excluding hydrogens is 422 g/mol. The molecule has 3 aromatic carbocycles. The standard InChI is InChI=1S/C23H23BrClNO/c24-20-11-9-18(10-12-20)14-22(13-17-5-2-1-3-6-17)26-16-23(27)19-7-4-8-21(25)15-19/h1-12,15,22-23,26-27H,13-14,16H2/t22?,23-/m0/s1. The first-order chi connectivity index (χ1) is 13.1. The molecule has 0 spiro atoms. The maximum absolute atomic E-state index is 10.5. The van der Waals surface area contributed by atoms with E-state index in [2.05, 4.69) is 69.8 Å². The number of rotatable bonds is 8. The largest absolute Gasteiger partial charge is 0.387 e. The van der Waals surface area contributed by atoms with Crippen LogP contribution < -0.4 is 5.32 Å². The molecule has 3 aromatic rings. The number of nitrogens with one attached hydrogen (secondary N) is 1. The van der Waals surface area contributed by atoms with Crippen LogP contribution in [0.4, 0.5) is 0 Å². The Morgan fingerprint density at radius 1 is 0.852 bits per heavy atom. The van der Waals surface area contributed by atoms with E-state index in [4.69, 9.17) is 11.6 Å². The van der Waals surface area contributed by atoms with Gasteiger partial charge in [-0.1, -0.05) is 82.1 Å². The number of halogens is 2. The normalized spacial score (nSPS) is 13.3. The van der Waals surface area contributed by atoms with E-state index >= 15 is 0 Å². The van der Waals surface area contributed by atoms with Gasteiger partial charge in [-0.15, -0.1) is 0 Å². The molecule has 0 saturated heterocycles. The molecule has 140 valence electrons. The van der Waals surface area contributed by atoms with Crippen LogP contribution in [0, 0.1) is 0 Å². The summed E-state index contributed by atoms with van der Waals surface area (Å²) in [7, 11) is 0. The minimum absolute atomic E-state index is 0.224. The molecule has 0 bridgehead atoms. The Hall–Kier alpha value is -1.65. The summed E-state index contributed by atoms with van der Waals surface area (Å²) in [6.45, 7) is 0.481. The maximum atomic E-state index is 10.5. The van der Waals surface area contributed by atoms with E-state index < -0.39 is 6.10 Å². The van der Waals surface area contributed by atoms with E-state index in [1.165, 1.54) is 11.1 Å². The third kappa shape index (κ3) is 6.47. The Morgan fingerprint density at radius 2 is 1.52 bits per heavy atom. The second-order valence-electron chi connectivity index (χ2n) is 6.70. The van der Waals surface area contributed by atoms with E-state index in [0.717, 1.165) is 22.9 Å². The molecule has 2 nitrogen and oxygen atoms in total. The molecule has 0 aliphatic heterocycles. The van der Waals surface area contributed by atoms with Gasteiger partial charge in [-0.2, -0.15) is 0 Å². The van der Waals surface area contributed by atoms with Crippen molar-refractivity contribution in [3.05, 3.63) is 105 Å². The molecule has 1 unspecified atom stereocenters. The average Bonchev–Trinajstić information content (AvgIpc) is 2.68. The van der Waals surface area contributed by atoms with Crippen molar-refractivity contribution in [2.45, 2.75) is 25.0 Å². The molecular formula is C23H23BrClNO. The Balaban J connectivity index is 1.67. The van der Waals surface area contributed by atoms with Crippen LogP contribution in [0.5, 0.6) is 0 Å². The third-order valence-electron chi connectivity index (χ3n) is 4.55. The average molecular weight is 445 g/mol. The zero-order chi connectivity index (χ0) is 19.1. The minimum Gasteiger partial charge on any atom is -0.387 e. The highest BCUT2D eigenvalue weighted by atomic mass is 79.9. The van der Waals surface area contributed by atoms with E-state index in [1.54, 1.807) is 0 Å². The fourth-order valence-corrected chi connectivity index (χ4v) is 3.59. The summed E-state index contributed by atoms with van der Waals surface area (Å²) >= 11 is 9.53. The molecule has 4 heteroatoms. The SMILES string of the molecule is O[C@@H](CNC(Cc1ccccc1)Cc1ccc(Br)cc1)c1cccc(Cl)c1. The van der Waals surface area contributed by atoms with Crippen molar-refractivity contribution >= 4 is 27.5 Å². The van der Waals surface area contributed by atoms with Crippen LogP contribution in [0.3, 0.4) is 0 Å². The molecule has 0 aliphatic carbocycles. The smallest absolute Gasteiger partial charge is 0.0914 e. The van der Waals surface area contributed by atoms with E-state index in [0.29, 0.717) is 11.6 Å². The van der Waals surface area contributed by atoms with Crippen LogP contribution in [0.1, 0.15) is 22.8 Å². The van der Waals surface area contributed by atoms with E-state index in [1.807, 2.05) is 30.3 Å². The first-order valence-electron chi connectivity index (χ1n) is 9.05. The van der Waals surface area contributed by atoms with Crippen LogP contribution >= 0.6 is 27.5 Å². The van der Waals surface area contributed by atoms with Gasteiger partial charge in [0.25, 0.3) is 0 Å². The molecule has 27 heavy (non-hydrogen) atoms. The second-order valence-corrected chi connectivity index (χ2v) is 8.05. The first-order valence-corrected chi connectivity index (χ1v) is 10.2. The predicted octanol–water partition coefficient (Wildman–Crippen LogP) is 5.58. The third-order valence-corrected chi connectivity index (χ3v) is 5.32. The van der Waals surface area contributed by atoms with Crippen molar-refractivity contribution in [2.24, 2.45) is 0 Å². The van der Waals surface area contributed by atoms with Crippen LogP contribution in [0.15, 0.2) is 83.3 Å². The van der Waals surface area contributed by atoms with Crippen molar-refractivity contribution in [2.75, 3.05) is 6.54 Å². The summed E-state index contributed by atoms with van der Waals surface area (Å²) in [5, 5.41) is 14.7. The van der Waals surface area contributed by atoms with Gasteiger partial charge in [-0.25, -0.2) is 0 Å². The lowest BCUT2D eigenvalue weighted by Crippen LogP contribution is -2.36. The quantitative estimate of drug-likeness (QED) is 0.475. The molecule has 2 atom stereocenters.